The quantitative estimate of drug-likeness (QED) is 0.910. The van der Waals surface area contributed by atoms with Crippen LogP contribution in [0.15, 0.2) is 11.4 Å². The van der Waals surface area contributed by atoms with Gasteiger partial charge in [-0.05, 0) is 30.4 Å². The van der Waals surface area contributed by atoms with Crippen molar-refractivity contribution < 1.29 is 0 Å². The molecule has 2 heterocycles. The van der Waals surface area contributed by atoms with Crippen LogP contribution in [-0.4, -0.2) is 22.0 Å². The van der Waals surface area contributed by atoms with Gasteiger partial charge in [0, 0.05) is 32.9 Å². The number of aryl methyl sites for hydroxylation is 1. The maximum Gasteiger partial charge on any atom is 0.0434 e. The minimum absolute atomic E-state index is 0.215. The van der Waals surface area contributed by atoms with Crippen molar-refractivity contribution in [2.24, 2.45) is 5.73 Å². The predicted molar refractivity (Wildman–Crippen MR) is 78.8 cm³/mol. The Hall–Kier alpha value is 0.360. The summed E-state index contributed by atoms with van der Waals surface area (Å²) in [5.41, 5.74) is 7.76. The van der Waals surface area contributed by atoms with Crippen molar-refractivity contribution in [3.05, 3.63) is 21.9 Å². The lowest BCUT2D eigenvalue weighted by Crippen LogP contribution is -2.35. The fourth-order valence-corrected chi connectivity index (χ4v) is 6.03. The molecule has 0 aromatic carbocycles. The van der Waals surface area contributed by atoms with Crippen molar-refractivity contribution in [2.75, 3.05) is 11.5 Å². The molecule has 3 unspecified atom stereocenters. The summed E-state index contributed by atoms with van der Waals surface area (Å²) >= 11 is 5.98. The lowest BCUT2D eigenvalue weighted by molar-refractivity contribution is 0.632. The largest absolute Gasteiger partial charge is 0.323 e. The summed E-state index contributed by atoms with van der Waals surface area (Å²) in [6.45, 7) is 4.43. The van der Waals surface area contributed by atoms with Crippen LogP contribution < -0.4 is 5.73 Å². The zero-order valence-corrected chi connectivity index (χ0v) is 12.3. The van der Waals surface area contributed by atoms with E-state index in [-0.39, 0.29) is 6.04 Å². The summed E-state index contributed by atoms with van der Waals surface area (Å²) in [7, 11) is 0. The van der Waals surface area contributed by atoms with E-state index in [0.717, 1.165) is 5.25 Å². The Morgan fingerprint density at radius 1 is 1.44 bits per heavy atom. The Morgan fingerprint density at radius 2 is 2.19 bits per heavy atom. The fraction of sp³-hybridized carbons (Fsp3) is 0.667. The van der Waals surface area contributed by atoms with Gasteiger partial charge in [-0.1, -0.05) is 6.92 Å². The standard InChI is InChI=1S/C12H19NS3/c1-3-10-12(15-5-4-14-10)11(13)9-6-8(2)16-7-9/h6-7,10-12H,3-5,13H2,1-2H3. The van der Waals surface area contributed by atoms with E-state index in [0.29, 0.717) is 5.25 Å². The van der Waals surface area contributed by atoms with Crippen molar-refractivity contribution in [2.45, 2.75) is 36.8 Å². The van der Waals surface area contributed by atoms with Crippen LogP contribution in [0.4, 0.5) is 0 Å². The summed E-state index contributed by atoms with van der Waals surface area (Å²) in [5, 5.41) is 3.55. The molecular weight excluding hydrogens is 254 g/mol. The van der Waals surface area contributed by atoms with Gasteiger partial charge in [-0.15, -0.1) is 11.3 Å². The van der Waals surface area contributed by atoms with Gasteiger partial charge in [-0.25, -0.2) is 0 Å². The molecule has 1 fully saturated rings. The Morgan fingerprint density at radius 3 is 2.81 bits per heavy atom. The number of rotatable bonds is 3. The van der Waals surface area contributed by atoms with E-state index in [1.165, 1.54) is 28.4 Å². The first-order valence-corrected chi connectivity index (χ1v) is 8.74. The molecule has 2 rings (SSSR count). The second kappa shape index (κ2) is 5.80. The molecule has 1 saturated heterocycles. The summed E-state index contributed by atoms with van der Waals surface area (Å²) in [4.78, 5) is 1.37. The van der Waals surface area contributed by atoms with Crippen molar-refractivity contribution in [3.63, 3.8) is 0 Å². The second-order valence-corrected chi connectivity index (χ2v) is 7.92. The van der Waals surface area contributed by atoms with Crippen LogP contribution in [0, 0.1) is 6.92 Å². The number of thiophene rings is 1. The minimum atomic E-state index is 0.215. The summed E-state index contributed by atoms with van der Waals surface area (Å²) in [5.74, 6) is 2.54. The molecule has 0 amide bonds. The topological polar surface area (TPSA) is 26.0 Å². The highest BCUT2D eigenvalue weighted by Crippen LogP contribution is 2.39. The normalized spacial score (nSPS) is 27.9. The van der Waals surface area contributed by atoms with Gasteiger partial charge in [0.15, 0.2) is 0 Å². The first kappa shape index (κ1) is 12.8. The maximum absolute atomic E-state index is 6.42. The molecule has 1 aromatic heterocycles. The number of thioether (sulfide) groups is 2. The van der Waals surface area contributed by atoms with Gasteiger partial charge in [0.25, 0.3) is 0 Å². The zero-order valence-electron chi connectivity index (χ0n) is 9.81. The van der Waals surface area contributed by atoms with Gasteiger partial charge in [0.2, 0.25) is 0 Å². The summed E-state index contributed by atoms with van der Waals surface area (Å²) in [6.07, 6.45) is 1.24. The first-order valence-electron chi connectivity index (χ1n) is 5.76. The minimum Gasteiger partial charge on any atom is -0.323 e. The Kier molecular flexibility index (Phi) is 4.65. The van der Waals surface area contributed by atoms with Crippen LogP contribution in [0.1, 0.15) is 29.8 Å². The van der Waals surface area contributed by atoms with Crippen molar-refractivity contribution in [3.8, 4) is 0 Å². The fourth-order valence-electron chi connectivity index (χ4n) is 2.10. The third-order valence-corrected chi connectivity index (χ3v) is 7.24. The van der Waals surface area contributed by atoms with E-state index in [2.05, 4.69) is 48.8 Å². The molecule has 1 aliphatic rings. The SMILES string of the molecule is CCC1SCCSC1C(N)c1csc(C)c1. The van der Waals surface area contributed by atoms with Crippen LogP contribution >= 0.6 is 34.9 Å². The highest BCUT2D eigenvalue weighted by atomic mass is 32.2. The van der Waals surface area contributed by atoms with Gasteiger partial charge < -0.3 is 5.73 Å². The van der Waals surface area contributed by atoms with Gasteiger partial charge in [-0.3, -0.25) is 0 Å². The molecule has 1 aromatic rings. The van der Waals surface area contributed by atoms with Gasteiger partial charge in [-0.2, -0.15) is 23.5 Å². The Bertz CT molecular complexity index is 337. The number of nitrogens with two attached hydrogens (primary N) is 1. The number of hydrogen-bond acceptors (Lipinski definition) is 4. The van der Waals surface area contributed by atoms with Crippen molar-refractivity contribution in [1.29, 1.82) is 0 Å². The lowest BCUT2D eigenvalue weighted by atomic mass is 10.0. The lowest BCUT2D eigenvalue weighted by Gasteiger charge is -2.33. The zero-order chi connectivity index (χ0) is 11.5. The average molecular weight is 273 g/mol. The third kappa shape index (κ3) is 2.78. The molecule has 0 aliphatic carbocycles. The van der Waals surface area contributed by atoms with Crippen LogP contribution in [0.25, 0.3) is 0 Å². The van der Waals surface area contributed by atoms with E-state index in [1.54, 1.807) is 0 Å². The maximum atomic E-state index is 6.42. The van der Waals surface area contributed by atoms with Gasteiger partial charge in [0.05, 0.1) is 0 Å². The monoisotopic (exact) mass is 273 g/mol. The molecule has 0 radical (unpaired) electrons. The van der Waals surface area contributed by atoms with E-state index in [9.17, 15) is 0 Å². The Labute approximate surface area is 111 Å². The molecule has 4 heteroatoms. The molecular formula is C12H19NS3. The van der Waals surface area contributed by atoms with Crippen LogP contribution in [0.5, 0.6) is 0 Å². The molecule has 1 aliphatic heterocycles. The van der Waals surface area contributed by atoms with E-state index >= 15 is 0 Å². The van der Waals surface area contributed by atoms with E-state index < -0.39 is 0 Å². The van der Waals surface area contributed by atoms with Crippen LogP contribution in [-0.2, 0) is 0 Å². The van der Waals surface area contributed by atoms with E-state index in [4.69, 9.17) is 5.73 Å². The summed E-state index contributed by atoms with van der Waals surface area (Å²) < 4.78 is 0. The molecule has 0 saturated carbocycles. The smallest absolute Gasteiger partial charge is 0.0434 e. The summed E-state index contributed by atoms with van der Waals surface area (Å²) in [6, 6.07) is 2.47. The van der Waals surface area contributed by atoms with E-state index in [1.807, 2.05) is 11.3 Å². The second-order valence-electron chi connectivity index (χ2n) is 4.17. The van der Waals surface area contributed by atoms with Gasteiger partial charge >= 0.3 is 0 Å². The van der Waals surface area contributed by atoms with Crippen LogP contribution in [0.3, 0.4) is 0 Å². The molecule has 90 valence electrons. The molecule has 1 nitrogen and oxygen atoms in total. The number of hydrogen-bond donors (Lipinski definition) is 1. The molecule has 0 bridgehead atoms. The highest BCUT2D eigenvalue weighted by Gasteiger charge is 2.31. The molecule has 3 atom stereocenters. The van der Waals surface area contributed by atoms with Crippen molar-refractivity contribution >= 4 is 34.9 Å². The average Bonchev–Trinajstić information content (AvgIpc) is 2.75. The van der Waals surface area contributed by atoms with Crippen LogP contribution in [0.2, 0.25) is 0 Å². The molecule has 16 heavy (non-hydrogen) atoms. The third-order valence-electron chi connectivity index (χ3n) is 2.98. The van der Waals surface area contributed by atoms with Crippen molar-refractivity contribution in [1.82, 2.24) is 0 Å². The Balaban J connectivity index is 2.10. The predicted octanol–water partition coefficient (Wildman–Crippen LogP) is 3.68. The van der Waals surface area contributed by atoms with Gasteiger partial charge in [0.1, 0.15) is 0 Å². The molecule has 0 spiro atoms. The first-order chi connectivity index (χ1) is 7.72. The highest BCUT2D eigenvalue weighted by molar-refractivity contribution is 8.07. The molecule has 2 N–H and O–H groups in total.